The van der Waals surface area contributed by atoms with Crippen molar-refractivity contribution in [3.05, 3.63) is 54.4 Å². The smallest absolute Gasteiger partial charge is 0.0273 e. The van der Waals surface area contributed by atoms with E-state index < -0.39 is 0 Å². The van der Waals surface area contributed by atoms with Gasteiger partial charge < -0.3 is 5.73 Å². The van der Waals surface area contributed by atoms with E-state index in [0.717, 1.165) is 6.42 Å². The summed E-state index contributed by atoms with van der Waals surface area (Å²) in [6, 6.07) is 12.6. The molecule has 2 N–H and O–H groups in total. The lowest BCUT2D eigenvalue weighted by molar-refractivity contribution is 0.739. The fourth-order valence-corrected chi connectivity index (χ4v) is 1.86. The highest BCUT2D eigenvalue weighted by Gasteiger charge is 2.05. The van der Waals surface area contributed by atoms with Gasteiger partial charge in [-0.1, -0.05) is 24.3 Å². The van der Waals surface area contributed by atoms with E-state index in [0.29, 0.717) is 0 Å². The molecule has 1 atom stereocenters. The number of hydrogen-bond donors (Lipinski definition) is 1. The molecular weight excluding hydrogens is 196 g/mol. The van der Waals surface area contributed by atoms with Gasteiger partial charge in [-0.25, -0.2) is 0 Å². The Morgan fingerprint density at radius 3 is 2.50 bits per heavy atom. The number of rotatable bonds is 3. The summed E-state index contributed by atoms with van der Waals surface area (Å²) < 4.78 is 0. The monoisotopic (exact) mass is 212 g/mol. The molecular formula is C14H16N2. The van der Waals surface area contributed by atoms with Crippen LogP contribution in [0.2, 0.25) is 0 Å². The first-order chi connectivity index (χ1) is 7.77. The number of nitrogens with two attached hydrogens (primary N) is 1. The predicted octanol–water partition coefficient (Wildman–Crippen LogP) is 2.64. The second-order valence-electron chi connectivity index (χ2n) is 4.07. The van der Waals surface area contributed by atoms with E-state index >= 15 is 0 Å². The van der Waals surface area contributed by atoms with E-state index in [1.165, 1.54) is 16.7 Å². The standard InChI is InChI=1S/C14H16N2/c1-11(15)10-13-4-2-3-5-14(13)12-6-8-16-9-7-12/h2-9,11H,10,15H2,1H3. The second kappa shape index (κ2) is 4.90. The fraction of sp³-hybridized carbons (Fsp3) is 0.214. The van der Waals surface area contributed by atoms with Gasteiger partial charge in [0.15, 0.2) is 0 Å². The Balaban J connectivity index is 2.41. The van der Waals surface area contributed by atoms with Crippen LogP contribution in [-0.2, 0) is 6.42 Å². The molecule has 16 heavy (non-hydrogen) atoms. The van der Waals surface area contributed by atoms with Crippen LogP contribution in [-0.4, -0.2) is 11.0 Å². The van der Waals surface area contributed by atoms with Gasteiger partial charge in [0.1, 0.15) is 0 Å². The summed E-state index contributed by atoms with van der Waals surface area (Å²) in [6.45, 7) is 2.03. The Morgan fingerprint density at radius 1 is 1.12 bits per heavy atom. The summed E-state index contributed by atoms with van der Waals surface area (Å²) in [5.74, 6) is 0. The zero-order valence-corrected chi connectivity index (χ0v) is 9.43. The van der Waals surface area contributed by atoms with Crippen LogP contribution in [0.4, 0.5) is 0 Å². The van der Waals surface area contributed by atoms with Crippen molar-refractivity contribution in [2.45, 2.75) is 19.4 Å². The molecule has 1 aromatic carbocycles. The zero-order valence-electron chi connectivity index (χ0n) is 9.43. The summed E-state index contributed by atoms with van der Waals surface area (Å²) in [7, 11) is 0. The van der Waals surface area contributed by atoms with Crippen molar-refractivity contribution in [2.24, 2.45) is 5.73 Å². The molecule has 0 aliphatic carbocycles. The molecule has 0 saturated carbocycles. The van der Waals surface area contributed by atoms with Crippen molar-refractivity contribution >= 4 is 0 Å². The largest absolute Gasteiger partial charge is 0.328 e. The average molecular weight is 212 g/mol. The molecule has 2 aromatic rings. The number of nitrogens with zero attached hydrogens (tertiary/aromatic N) is 1. The highest BCUT2D eigenvalue weighted by atomic mass is 14.6. The van der Waals surface area contributed by atoms with Crippen LogP contribution in [0.5, 0.6) is 0 Å². The van der Waals surface area contributed by atoms with E-state index in [1.54, 1.807) is 0 Å². The third-order valence-corrected chi connectivity index (χ3v) is 2.55. The Morgan fingerprint density at radius 2 is 1.81 bits per heavy atom. The van der Waals surface area contributed by atoms with Crippen molar-refractivity contribution in [1.82, 2.24) is 4.98 Å². The quantitative estimate of drug-likeness (QED) is 0.849. The van der Waals surface area contributed by atoms with Gasteiger partial charge in [-0.05, 0) is 42.2 Å². The molecule has 82 valence electrons. The molecule has 0 amide bonds. The SMILES string of the molecule is CC(N)Cc1ccccc1-c1ccncc1. The van der Waals surface area contributed by atoms with Crippen LogP contribution < -0.4 is 5.73 Å². The van der Waals surface area contributed by atoms with Gasteiger partial charge in [-0.3, -0.25) is 4.98 Å². The van der Waals surface area contributed by atoms with Crippen LogP contribution in [0.15, 0.2) is 48.8 Å². The molecule has 0 bridgehead atoms. The van der Waals surface area contributed by atoms with Crippen LogP contribution >= 0.6 is 0 Å². The van der Waals surface area contributed by atoms with Gasteiger partial charge in [-0.15, -0.1) is 0 Å². The number of aromatic nitrogens is 1. The molecule has 2 nitrogen and oxygen atoms in total. The first-order valence-corrected chi connectivity index (χ1v) is 5.51. The van der Waals surface area contributed by atoms with Crippen LogP contribution in [0, 0.1) is 0 Å². The highest BCUT2D eigenvalue weighted by molar-refractivity contribution is 5.66. The molecule has 1 heterocycles. The topological polar surface area (TPSA) is 38.9 Å². The summed E-state index contributed by atoms with van der Waals surface area (Å²) in [5.41, 5.74) is 9.61. The third kappa shape index (κ3) is 2.47. The van der Waals surface area contributed by atoms with Crippen LogP contribution in [0.3, 0.4) is 0 Å². The summed E-state index contributed by atoms with van der Waals surface area (Å²) >= 11 is 0. The van der Waals surface area contributed by atoms with Crippen molar-refractivity contribution in [3.63, 3.8) is 0 Å². The van der Waals surface area contributed by atoms with E-state index in [1.807, 2.05) is 31.5 Å². The Labute approximate surface area is 96.1 Å². The second-order valence-corrected chi connectivity index (χ2v) is 4.07. The van der Waals surface area contributed by atoms with Crippen LogP contribution in [0.25, 0.3) is 11.1 Å². The lowest BCUT2D eigenvalue weighted by Gasteiger charge is -2.11. The number of hydrogen-bond acceptors (Lipinski definition) is 2. The molecule has 0 fully saturated rings. The lowest BCUT2D eigenvalue weighted by Crippen LogP contribution is -2.18. The average Bonchev–Trinajstić information content (AvgIpc) is 2.30. The van der Waals surface area contributed by atoms with E-state index in [2.05, 4.69) is 29.2 Å². The third-order valence-electron chi connectivity index (χ3n) is 2.55. The van der Waals surface area contributed by atoms with Crippen molar-refractivity contribution in [1.29, 1.82) is 0 Å². The first kappa shape index (κ1) is 10.8. The molecule has 0 aliphatic heterocycles. The van der Waals surface area contributed by atoms with Gasteiger partial charge in [0.25, 0.3) is 0 Å². The van der Waals surface area contributed by atoms with E-state index in [9.17, 15) is 0 Å². The molecule has 0 spiro atoms. The van der Waals surface area contributed by atoms with Gasteiger partial charge in [0, 0.05) is 18.4 Å². The highest BCUT2D eigenvalue weighted by Crippen LogP contribution is 2.23. The number of benzene rings is 1. The van der Waals surface area contributed by atoms with E-state index in [4.69, 9.17) is 5.73 Å². The molecule has 0 radical (unpaired) electrons. The molecule has 2 rings (SSSR count). The van der Waals surface area contributed by atoms with Gasteiger partial charge in [-0.2, -0.15) is 0 Å². The maximum atomic E-state index is 5.86. The molecule has 0 aliphatic rings. The molecule has 1 unspecified atom stereocenters. The Hall–Kier alpha value is -1.67. The minimum Gasteiger partial charge on any atom is -0.328 e. The van der Waals surface area contributed by atoms with Crippen molar-refractivity contribution in [3.8, 4) is 11.1 Å². The number of pyridine rings is 1. The Kier molecular flexibility index (Phi) is 3.32. The minimum absolute atomic E-state index is 0.183. The summed E-state index contributed by atoms with van der Waals surface area (Å²) in [4.78, 5) is 4.04. The van der Waals surface area contributed by atoms with Crippen molar-refractivity contribution in [2.75, 3.05) is 0 Å². The van der Waals surface area contributed by atoms with E-state index in [-0.39, 0.29) is 6.04 Å². The summed E-state index contributed by atoms with van der Waals surface area (Å²) in [6.07, 6.45) is 4.54. The molecule has 2 heteroatoms. The minimum atomic E-state index is 0.183. The maximum absolute atomic E-state index is 5.86. The normalized spacial score (nSPS) is 12.4. The van der Waals surface area contributed by atoms with Gasteiger partial charge >= 0.3 is 0 Å². The maximum Gasteiger partial charge on any atom is 0.0273 e. The Bertz CT molecular complexity index is 449. The zero-order chi connectivity index (χ0) is 11.4. The summed E-state index contributed by atoms with van der Waals surface area (Å²) in [5, 5.41) is 0. The predicted molar refractivity (Wildman–Crippen MR) is 67.0 cm³/mol. The first-order valence-electron chi connectivity index (χ1n) is 5.51. The van der Waals surface area contributed by atoms with Crippen LogP contribution in [0.1, 0.15) is 12.5 Å². The van der Waals surface area contributed by atoms with Gasteiger partial charge in [0.2, 0.25) is 0 Å². The van der Waals surface area contributed by atoms with Gasteiger partial charge in [0.05, 0.1) is 0 Å². The fourth-order valence-electron chi connectivity index (χ4n) is 1.86. The van der Waals surface area contributed by atoms with Crippen molar-refractivity contribution < 1.29 is 0 Å². The lowest BCUT2D eigenvalue weighted by atomic mass is 9.96. The molecule has 1 aromatic heterocycles. The molecule has 0 saturated heterocycles.